The average molecular weight is 372 g/mol. The lowest BCUT2D eigenvalue weighted by molar-refractivity contribution is -0.126. The molecule has 3 aliphatic rings. The van der Waals surface area contributed by atoms with Gasteiger partial charge in [0.2, 0.25) is 5.91 Å². The standard InChI is InChI=1S/C22H20N4O2/c1-14-3-7-16(8-4-14)19-18-20(25-12-2-11-24(19)25)22(28)26(21(18)27)17-9-5-15(13-23)6-10-17/h3-10,18-20H,2,11-12H2,1H3. The molecule has 3 fully saturated rings. The number of hydrogen-bond donors (Lipinski definition) is 0. The maximum Gasteiger partial charge on any atom is 0.253 e. The van der Waals surface area contributed by atoms with Crippen LogP contribution in [0, 0.1) is 24.2 Å². The summed E-state index contributed by atoms with van der Waals surface area (Å²) < 4.78 is 0. The van der Waals surface area contributed by atoms with Crippen LogP contribution in [0.25, 0.3) is 0 Å². The Bertz CT molecular complexity index is 993. The van der Waals surface area contributed by atoms with Crippen LogP contribution in [0.4, 0.5) is 5.69 Å². The number of amides is 2. The van der Waals surface area contributed by atoms with Crippen LogP contribution in [0.3, 0.4) is 0 Å². The molecule has 6 nitrogen and oxygen atoms in total. The predicted octanol–water partition coefficient (Wildman–Crippen LogP) is 2.40. The van der Waals surface area contributed by atoms with Crippen molar-refractivity contribution < 1.29 is 9.59 Å². The number of nitrogens with zero attached hydrogens (tertiary/aromatic N) is 4. The molecule has 28 heavy (non-hydrogen) atoms. The number of nitriles is 1. The molecular formula is C22H20N4O2. The maximum atomic E-state index is 13.4. The SMILES string of the molecule is Cc1ccc(C2C3C(=O)N(c4ccc(C#N)cc4)C(=O)C3N3CCCN23)cc1. The Morgan fingerprint density at radius 3 is 2.18 bits per heavy atom. The number of benzene rings is 2. The van der Waals surface area contributed by atoms with E-state index in [0.717, 1.165) is 25.1 Å². The minimum absolute atomic E-state index is 0.118. The van der Waals surface area contributed by atoms with Crippen LogP contribution in [-0.4, -0.2) is 41.0 Å². The van der Waals surface area contributed by atoms with E-state index in [-0.39, 0.29) is 17.9 Å². The second kappa shape index (κ2) is 6.26. The number of fused-ring (bicyclic) bond motifs is 3. The number of hydrogen-bond acceptors (Lipinski definition) is 5. The second-order valence-corrected chi connectivity index (χ2v) is 7.68. The molecule has 3 saturated heterocycles. The molecule has 0 spiro atoms. The van der Waals surface area contributed by atoms with Crippen molar-refractivity contribution in [2.45, 2.75) is 25.4 Å². The molecule has 3 atom stereocenters. The third kappa shape index (κ3) is 2.34. The Morgan fingerprint density at radius 2 is 1.54 bits per heavy atom. The molecule has 2 aromatic carbocycles. The van der Waals surface area contributed by atoms with Crippen LogP contribution in [0.5, 0.6) is 0 Å². The van der Waals surface area contributed by atoms with E-state index in [4.69, 9.17) is 5.26 Å². The van der Waals surface area contributed by atoms with E-state index >= 15 is 0 Å². The maximum absolute atomic E-state index is 13.4. The van der Waals surface area contributed by atoms with E-state index in [0.29, 0.717) is 11.3 Å². The average Bonchev–Trinajstić information content (AvgIpc) is 3.35. The van der Waals surface area contributed by atoms with Crippen molar-refractivity contribution in [1.82, 2.24) is 10.0 Å². The van der Waals surface area contributed by atoms with Crippen LogP contribution in [0.1, 0.15) is 29.2 Å². The fourth-order valence-corrected chi connectivity index (χ4v) is 4.82. The number of aryl methyl sites for hydroxylation is 1. The van der Waals surface area contributed by atoms with Gasteiger partial charge in [-0.2, -0.15) is 5.26 Å². The molecule has 0 aromatic heterocycles. The van der Waals surface area contributed by atoms with Gasteiger partial charge in [0.15, 0.2) is 0 Å². The largest absolute Gasteiger partial charge is 0.274 e. The quantitative estimate of drug-likeness (QED) is 0.758. The Labute approximate surface area is 163 Å². The first-order valence-corrected chi connectivity index (χ1v) is 9.58. The van der Waals surface area contributed by atoms with Gasteiger partial charge in [-0.1, -0.05) is 29.8 Å². The summed E-state index contributed by atoms with van der Waals surface area (Å²) in [5, 5.41) is 13.3. The molecule has 3 heterocycles. The normalized spacial score (nSPS) is 27.1. The number of rotatable bonds is 2. The number of hydrazine groups is 1. The minimum Gasteiger partial charge on any atom is -0.274 e. The minimum atomic E-state index is -0.447. The highest BCUT2D eigenvalue weighted by Gasteiger charge is 2.62. The fraction of sp³-hybridized carbons (Fsp3) is 0.318. The molecule has 0 aliphatic carbocycles. The molecule has 6 heteroatoms. The van der Waals surface area contributed by atoms with Gasteiger partial charge in [0.1, 0.15) is 6.04 Å². The van der Waals surface area contributed by atoms with Crippen molar-refractivity contribution in [3.8, 4) is 6.07 Å². The molecule has 0 radical (unpaired) electrons. The molecule has 0 N–H and O–H groups in total. The van der Waals surface area contributed by atoms with Crippen LogP contribution in [-0.2, 0) is 9.59 Å². The van der Waals surface area contributed by atoms with Crippen molar-refractivity contribution in [2.75, 3.05) is 18.0 Å². The molecule has 0 saturated carbocycles. The zero-order valence-electron chi connectivity index (χ0n) is 15.6. The van der Waals surface area contributed by atoms with Crippen molar-refractivity contribution in [3.63, 3.8) is 0 Å². The van der Waals surface area contributed by atoms with Crippen LogP contribution < -0.4 is 4.90 Å². The third-order valence-corrected chi connectivity index (χ3v) is 6.08. The van der Waals surface area contributed by atoms with Crippen molar-refractivity contribution in [3.05, 3.63) is 65.2 Å². The lowest BCUT2D eigenvalue weighted by Crippen LogP contribution is -2.44. The van der Waals surface area contributed by atoms with E-state index in [2.05, 4.69) is 40.4 Å². The van der Waals surface area contributed by atoms with E-state index in [1.165, 1.54) is 10.5 Å². The smallest absolute Gasteiger partial charge is 0.253 e. The highest BCUT2D eigenvalue weighted by Crippen LogP contribution is 2.48. The Balaban J connectivity index is 1.56. The summed E-state index contributed by atoms with van der Waals surface area (Å²) in [5.41, 5.74) is 3.29. The summed E-state index contributed by atoms with van der Waals surface area (Å²) in [5.74, 6) is -0.730. The monoisotopic (exact) mass is 372 g/mol. The fourth-order valence-electron chi connectivity index (χ4n) is 4.82. The molecule has 0 bridgehead atoms. The first-order chi connectivity index (χ1) is 13.6. The second-order valence-electron chi connectivity index (χ2n) is 7.68. The number of imide groups is 1. The molecule has 140 valence electrons. The zero-order valence-corrected chi connectivity index (χ0v) is 15.6. The predicted molar refractivity (Wildman–Crippen MR) is 103 cm³/mol. The van der Waals surface area contributed by atoms with E-state index in [1.807, 2.05) is 6.92 Å². The van der Waals surface area contributed by atoms with E-state index in [1.54, 1.807) is 24.3 Å². The number of carbonyl (C=O) groups is 2. The molecule has 3 unspecified atom stereocenters. The summed E-state index contributed by atoms with van der Waals surface area (Å²) in [6, 6.07) is 16.4. The van der Waals surface area contributed by atoms with Crippen molar-refractivity contribution in [2.24, 2.45) is 5.92 Å². The lowest BCUT2D eigenvalue weighted by atomic mass is 9.89. The van der Waals surface area contributed by atoms with Gasteiger partial charge in [-0.25, -0.2) is 14.9 Å². The molecule has 5 rings (SSSR count). The Morgan fingerprint density at radius 1 is 0.893 bits per heavy atom. The van der Waals surface area contributed by atoms with Gasteiger partial charge in [0.05, 0.1) is 29.3 Å². The molecule has 2 aromatic rings. The van der Waals surface area contributed by atoms with Gasteiger partial charge >= 0.3 is 0 Å². The first-order valence-electron chi connectivity index (χ1n) is 9.58. The van der Waals surface area contributed by atoms with Gasteiger partial charge in [0, 0.05) is 13.1 Å². The highest BCUT2D eigenvalue weighted by molar-refractivity contribution is 6.24. The summed E-state index contributed by atoms with van der Waals surface area (Å²) in [7, 11) is 0. The Hall–Kier alpha value is -3.01. The summed E-state index contributed by atoms with van der Waals surface area (Å²) in [6.07, 6.45) is 0.990. The van der Waals surface area contributed by atoms with Crippen molar-refractivity contribution >= 4 is 17.5 Å². The van der Waals surface area contributed by atoms with E-state index < -0.39 is 12.0 Å². The summed E-state index contributed by atoms with van der Waals surface area (Å²) in [6.45, 7) is 3.70. The van der Waals surface area contributed by atoms with E-state index in [9.17, 15) is 9.59 Å². The summed E-state index contributed by atoms with van der Waals surface area (Å²) in [4.78, 5) is 28.0. The zero-order chi connectivity index (χ0) is 19.4. The van der Waals surface area contributed by atoms with Gasteiger partial charge in [0.25, 0.3) is 5.91 Å². The topological polar surface area (TPSA) is 67.6 Å². The molecule has 3 aliphatic heterocycles. The number of carbonyl (C=O) groups excluding carboxylic acids is 2. The van der Waals surface area contributed by atoms with Crippen molar-refractivity contribution in [1.29, 1.82) is 5.26 Å². The third-order valence-electron chi connectivity index (χ3n) is 6.08. The number of anilines is 1. The highest BCUT2D eigenvalue weighted by atomic mass is 16.2. The molecule has 2 amide bonds. The van der Waals surface area contributed by atoms with Gasteiger partial charge in [-0.05, 0) is 43.2 Å². The first kappa shape index (κ1) is 17.1. The lowest BCUT2D eigenvalue weighted by Gasteiger charge is -2.29. The van der Waals surface area contributed by atoms with Crippen LogP contribution >= 0.6 is 0 Å². The van der Waals surface area contributed by atoms with Gasteiger partial charge < -0.3 is 0 Å². The van der Waals surface area contributed by atoms with Crippen LogP contribution in [0.2, 0.25) is 0 Å². The Kier molecular flexibility index (Phi) is 3.83. The summed E-state index contributed by atoms with van der Waals surface area (Å²) >= 11 is 0. The van der Waals surface area contributed by atoms with Gasteiger partial charge in [-0.3, -0.25) is 9.59 Å². The van der Waals surface area contributed by atoms with Gasteiger partial charge in [-0.15, -0.1) is 0 Å². The van der Waals surface area contributed by atoms with Crippen LogP contribution in [0.15, 0.2) is 48.5 Å². The molecular weight excluding hydrogens is 352 g/mol.